The number of imidazole rings is 1. The summed E-state index contributed by atoms with van der Waals surface area (Å²) >= 11 is 0. The van der Waals surface area contributed by atoms with Gasteiger partial charge in [0.25, 0.3) is 0 Å². The molecule has 0 N–H and O–H groups in total. The molecule has 0 aromatic carbocycles. The Kier molecular flexibility index (Phi) is 3.23. The van der Waals surface area contributed by atoms with Crippen LogP contribution in [-0.2, 0) is 17.8 Å². The summed E-state index contributed by atoms with van der Waals surface area (Å²) < 4.78 is 9.71. The Morgan fingerprint density at radius 3 is 3.10 bits per heavy atom. The maximum Gasteiger partial charge on any atom is 0.137 e. The lowest BCUT2D eigenvalue weighted by atomic mass is 10.1. The topological polar surface area (TPSA) is 61.0 Å². The summed E-state index contributed by atoms with van der Waals surface area (Å²) in [6.07, 6.45) is 6.42. The first-order valence-electron chi connectivity index (χ1n) is 7.53. The summed E-state index contributed by atoms with van der Waals surface area (Å²) in [5, 5.41) is 4.17. The first kappa shape index (κ1) is 13.0. The van der Waals surface area contributed by atoms with Crippen LogP contribution in [0.5, 0.6) is 0 Å². The largest absolute Gasteiger partial charge is 0.380 e. The Hall–Kier alpha value is -1.73. The van der Waals surface area contributed by atoms with Crippen molar-refractivity contribution in [2.24, 2.45) is 0 Å². The van der Waals surface area contributed by atoms with Gasteiger partial charge in [-0.3, -0.25) is 4.90 Å². The van der Waals surface area contributed by atoms with E-state index in [0.29, 0.717) is 12.1 Å². The van der Waals surface area contributed by atoms with Gasteiger partial charge in [-0.15, -0.1) is 0 Å². The van der Waals surface area contributed by atoms with Crippen LogP contribution in [0.25, 0.3) is 0 Å². The van der Waals surface area contributed by atoms with Gasteiger partial charge in [0.1, 0.15) is 18.5 Å². The fourth-order valence-electron chi connectivity index (χ4n) is 3.47. The summed E-state index contributed by atoms with van der Waals surface area (Å²) in [6, 6.07) is 0.888. The third-order valence-corrected chi connectivity index (χ3v) is 4.59. The number of rotatable bonds is 3. The van der Waals surface area contributed by atoms with Crippen molar-refractivity contribution < 1.29 is 4.74 Å². The molecule has 0 spiro atoms. The lowest BCUT2D eigenvalue weighted by Gasteiger charge is -2.37. The van der Waals surface area contributed by atoms with Gasteiger partial charge in [0.2, 0.25) is 0 Å². The second-order valence-electron chi connectivity index (χ2n) is 5.78. The minimum atomic E-state index is 0.343. The molecule has 0 bridgehead atoms. The van der Waals surface area contributed by atoms with Crippen LogP contribution in [-0.4, -0.2) is 55.0 Å². The number of hydrogen-bond donors (Lipinski definition) is 0. The van der Waals surface area contributed by atoms with Gasteiger partial charge in [0, 0.05) is 25.7 Å². The number of aromatic nitrogens is 5. The predicted molar refractivity (Wildman–Crippen MR) is 75.7 cm³/mol. The Labute approximate surface area is 123 Å². The van der Waals surface area contributed by atoms with Gasteiger partial charge in [-0.25, -0.2) is 14.6 Å². The van der Waals surface area contributed by atoms with Crippen molar-refractivity contribution in [3.63, 3.8) is 0 Å². The van der Waals surface area contributed by atoms with Crippen molar-refractivity contribution >= 4 is 0 Å². The fraction of sp³-hybridized carbons (Fsp3) is 0.643. The highest BCUT2D eigenvalue weighted by molar-refractivity contribution is 5.12. The van der Waals surface area contributed by atoms with Crippen molar-refractivity contribution in [1.29, 1.82) is 0 Å². The molecule has 0 unspecified atom stereocenters. The van der Waals surface area contributed by atoms with Gasteiger partial charge in [0.15, 0.2) is 0 Å². The van der Waals surface area contributed by atoms with E-state index in [1.54, 1.807) is 12.7 Å². The molecule has 0 radical (unpaired) electrons. The lowest BCUT2D eigenvalue weighted by Crippen LogP contribution is -2.44. The van der Waals surface area contributed by atoms with Crippen LogP contribution in [0.15, 0.2) is 18.9 Å². The van der Waals surface area contributed by atoms with E-state index >= 15 is 0 Å². The van der Waals surface area contributed by atoms with Gasteiger partial charge in [-0.1, -0.05) is 0 Å². The zero-order valence-electron chi connectivity index (χ0n) is 12.2. The van der Waals surface area contributed by atoms with Gasteiger partial charge in [0.05, 0.1) is 31.1 Å². The van der Waals surface area contributed by atoms with Crippen LogP contribution in [0.4, 0.5) is 0 Å². The minimum Gasteiger partial charge on any atom is -0.380 e. The third kappa shape index (κ3) is 2.26. The van der Waals surface area contributed by atoms with Crippen LogP contribution < -0.4 is 0 Å². The summed E-state index contributed by atoms with van der Waals surface area (Å²) in [4.78, 5) is 11.2. The molecule has 2 atom stereocenters. The number of ether oxygens (including phenoxy) is 1. The highest BCUT2D eigenvalue weighted by Crippen LogP contribution is 2.29. The average Bonchev–Trinajstić information content (AvgIpc) is 3.21. The molecule has 0 saturated carbocycles. The van der Waals surface area contributed by atoms with Gasteiger partial charge in [-0.2, -0.15) is 5.10 Å². The molecule has 4 heterocycles. The van der Waals surface area contributed by atoms with E-state index in [4.69, 9.17) is 4.74 Å². The molecule has 112 valence electrons. The number of hydrogen-bond acceptors (Lipinski definition) is 5. The van der Waals surface area contributed by atoms with Crippen molar-refractivity contribution in [3.05, 3.63) is 30.4 Å². The third-order valence-electron chi connectivity index (χ3n) is 4.59. The quantitative estimate of drug-likeness (QED) is 0.831. The fourth-order valence-corrected chi connectivity index (χ4v) is 3.47. The number of fused-ring (bicyclic) bond motifs is 1. The van der Waals surface area contributed by atoms with Crippen LogP contribution in [0.2, 0.25) is 0 Å². The Bertz CT molecular complexity index is 601. The van der Waals surface area contributed by atoms with Gasteiger partial charge < -0.3 is 9.30 Å². The van der Waals surface area contributed by atoms with E-state index in [-0.39, 0.29) is 0 Å². The molecule has 7 heteroatoms. The first-order valence-corrected chi connectivity index (χ1v) is 7.53. The van der Waals surface area contributed by atoms with E-state index in [0.717, 1.165) is 45.1 Å². The molecule has 1 fully saturated rings. The van der Waals surface area contributed by atoms with Gasteiger partial charge in [-0.05, 0) is 13.3 Å². The highest BCUT2D eigenvalue weighted by Gasteiger charge is 2.33. The van der Waals surface area contributed by atoms with Crippen LogP contribution >= 0.6 is 0 Å². The number of nitrogens with zero attached hydrogens (tertiary/aromatic N) is 6. The molecule has 2 aliphatic rings. The molecular formula is C14H20N6O. The van der Waals surface area contributed by atoms with Crippen molar-refractivity contribution in [2.45, 2.75) is 38.5 Å². The molecule has 2 aromatic rings. The zero-order chi connectivity index (χ0) is 14.2. The Morgan fingerprint density at radius 1 is 1.38 bits per heavy atom. The Morgan fingerprint density at radius 2 is 2.33 bits per heavy atom. The summed E-state index contributed by atoms with van der Waals surface area (Å²) in [6.45, 7) is 6.77. The van der Waals surface area contributed by atoms with E-state index in [1.807, 2.05) is 10.9 Å². The molecule has 1 saturated heterocycles. The summed E-state index contributed by atoms with van der Waals surface area (Å²) in [7, 11) is 0. The lowest BCUT2D eigenvalue weighted by molar-refractivity contribution is 0.0897. The monoisotopic (exact) mass is 288 g/mol. The highest BCUT2D eigenvalue weighted by atomic mass is 16.5. The SMILES string of the molecule is C[C@@H]1c2ncc(Cn3cncn3)n2CCN1[C@@H]1CCOC1. The summed E-state index contributed by atoms with van der Waals surface area (Å²) in [5.41, 5.74) is 1.20. The molecule has 7 nitrogen and oxygen atoms in total. The van der Waals surface area contributed by atoms with Crippen LogP contribution in [0.3, 0.4) is 0 Å². The zero-order valence-corrected chi connectivity index (χ0v) is 12.2. The standard InChI is InChI=1S/C14H20N6O/c1-11-14-16-6-13(7-18-10-15-9-17-18)20(14)4-3-19(11)12-2-5-21-8-12/h6,9-12H,2-5,7-8H2,1H3/t11-,12-/m1/s1. The van der Waals surface area contributed by atoms with Crippen LogP contribution in [0, 0.1) is 0 Å². The normalized spacial score (nSPS) is 26.1. The van der Waals surface area contributed by atoms with Crippen LogP contribution in [0.1, 0.15) is 30.9 Å². The molecule has 2 aromatic heterocycles. The second-order valence-corrected chi connectivity index (χ2v) is 5.78. The predicted octanol–water partition coefficient (Wildman–Crippen LogP) is 0.688. The van der Waals surface area contributed by atoms with Crippen molar-refractivity contribution in [2.75, 3.05) is 19.8 Å². The maximum absolute atomic E-state index is 5.53. The first-order chi connectivity index (χ1) is 10.3. The molecule has 0 aliphatic carbocycles. The van der Waals surface area contributed by atoms with E-state index in [2.05, 4.69) is 31.5 Å². The molecule has 0 amide bonds. The molecule has 21 heavy (non-hydrogen) atoms. The Balaban J connectivity index is 1.56. The van der Waals surface area contributed by atoms with E-state index < -0.39 is 0 Å². The van der Waals surface area contributed by atoms with E-state index in [9.17, 15) is 0 Å². The van der Waals surface area contributed by atoms with Crippen molar-refractivity contribution in [1.82, 2.24) is 29.2 Å². The molecule has 4 rings (SSSR count). The average molecular weight is 288 g/mol. The molecule has 2 aliphatic heterocycles. The second kappa shape index (κ2) is 5.23. The minimum absolute atomic E-state index is 0.343. The van der Waals surface area contributed by atoms with Gasteiger partial charge >= 0.3 is 0 Å². The van der Waals surface area contributed by atoms with E-state index in [1.165, 1.54) is 5.69 Å². The molecular weight excluding hydrogens is 268 g/mol. The maximum atomic E-state index is 5.53. The summed E-state index contributed by atoms with van der Waals surface area (Å²) in [5.74, 6) is 1.16. The van der Waals surface area contributed by atoms with Crippen molar-refractivity contribution in [3.8, 4) is 0 Å². The smallest absolute Gasteiger partial charge is 0.137 e.